The second-order valence-electron chi connectivity index (χ2n) is 13.6. The van der Waals surface area contributed by atoms with Gasteiger partial charge in [-0.25, -0.2) is 0 Å². The third kappa shape index (κ3) is 2.96. The summed E-state index contributed by atoms with van der Waals surface area (Å²) in [5, 5.41) is 0. The molecule has 0 saturated heterocycles. The maximum atomic E-state index is 6.84. The first-order valence-corrected chi connectivity index (χ1v) is 17.0. The van der Waals surface area contributed by atoms with Gasteiger partial charge in [0.2, 0.25) is 0 Å². The van der Waals surface area contributed by atoms with Gasteiger partial charge in [-0.2, -0.15) is 0 Å². The van der Waals surface area contributed by atoms with Gasteiger partial charge in [-0.15, -0.1) is 0 Å². The minimum atomic E-state index is -0.0630. The molecule has 0 saturated carbocycles. The Kier molecular flexibility index (Phi) is 4.45. The van der Waals surface area contributed by atoms with Crippen molar-refractivity contribution < 1.29 is 18.9 Å². The summed E-state index contributed by atoms with van der Waals surface area (Å²) in [6.45, 7) is -0.126. The molecule has 7 aromatic carbocycles. The van der Waals surface area contributed by atoms with Gasteiger partial charge in [0.25, 0.3) is 13.4 Å². The van der Waals surface area contributed by atoms with Crippen LogP contribution in [-0.2, 0) is 0 Å². The molecule has 0 aromatic heterocycles. The lowest BCUT2D eigenvalue weighted by atomic mass is 9.31. The highest BCUT2D eigenvalue weighted by atomic mass is 16.5. The molecule has 0 bridgehead atoms. The van der Waals surface area contributed by atoms with Crippen molar-refractivity contribution in [2.75, 3.05) is 9.80 Å². The number of rotatable bonds is 0. The number of hydrogen-bond donors (Lipinski definition) is 0. The zero-order valence-electron chi connectivity index (χ0n) is 26.4. The largest absolute Gasteiger partial charge is 0.458 e. The molecule has 8 heteroatoms. The Bertz CT molecular complexity index is 2550. The van der Waals surface area contributed by atoms with Gasteiger partial charge in [0.05, 0.1) is 22.7 Å². The standard InChI is InChI=1S/C42H22B2N2O4/c1-3-11-27-23(9-1)43-25-21-26-38(22-37(25)49-33-17-19-35-41(39(33)43)45(27)29-13-5-7-15-31(29)47-35)50-34-18-20-36-42-40(34)44(26)24-10-2-4-12-28(24)46(42)30-14-6-8-16-32(30)48-36/h1-22H. The zero-order valence-corrected chi connectivity index (χ0v) is 26.4. The first kappa shape index (κ1) is 25.5. The molecule has 0 amide bonds. The fourth-order valence-corrected chi connectivity index (χ4v) is 9.22. The zero-order chi connectivity index (χ0) is 32.2. The number of hydrogen-bond acceptors (Lipinski definition) is 6. The molecule has 0 unspecified atom stereocenters. The molecule has 6 aliphatic heterocycles. The van der Waals surface area contributed by atoms with E-state index in [1.54, 1.807) is 0 Å². The molecule has 6 aliphatic rings. The van der Waals surface area contributed by atoms with Crippen LogP contribution in [0.4, 0.5) is 34.1 Å². The second kappa shape index (κ2) is 8.73. The Labute approximate surface area is 287 Å². The number of para-hydroxylation sites is 6. The first-order valence-electron chi connectivity index (χ1n) is 17.0. The maximum absolute atomic E-state index is 6.84. The van der Waals surface area contributed by atoms with Gasteiger partial charge >= 0.3 is 0 Å². The van der Waals surface area contributed by atoms with Crippen LogP contribution in [0.3, 0.4) is 0 Å². The normalized spacial score (nSPS) is 14.9. The van der Waals surface area contributed by atoms with E-state index in [9.17, 15) is 0 Å². The van der Waals surface area contributed by atoms with Gasteiger partial charge < -0.3 is 28.7 Å². The van der Waals surface area contributed by atoms with Crippen molar-refractivity contribution in [2.24, 2.45) is 0 Å². The van der Waals surface area contributed by atoms with Crippen molar-refractivity contribution in [3.8, 4) is 46.0 Å². The molecular weight excluding hydrogens is 618 g/mol. The highest BCUT2D eigenvalue weighted by molar-refractivity contribution is 7.02. The van der Waals surface area contributed by atoms with E-state index >= 15 is 0 Å². The van der Waals surface area contributed by atoms with Crippen molar-refractivity contribution in [1.29, 1.82) is 0 Å². The van der Waals surface area contributed by atoms with Crippen LogP contribution in [0.1, 0.15) is 0 Å². The van der Waals surface area contributed by atoms with E-state index < -0.39 is 0 Å². The van der Waals surface area contributed by atoms with E-state index in [0.717, 1.165) is 102 Å². The Balaban J connectivity index is 1.06. The number of nitrogens with zero attached hydrogens (tertiary/aromatic N) is 2. The lowest BCUT2D eigenvalue weighted by Gasteiger charge is -2.44. The van der Waals surface area contributed by atoms with Crippen LogP contribution >= 0.6 is 0 Å². The van der Waals surface area contributed by atoms with Crippen LogP contribution in [-0.4, -0.2) is 13.4 Å². The lowest BCUT2D eigenvalue weighted by Crippen LogP contribution is -2.63. The van der Waals surface area contributed by atoms with Crippen LogP contribution in [0.25, 0.3) is 0 Å². The van der Waals surface area contributed by atoms with Crippen LogP contribution in [0.15, 0.2) is 133 Å². The van der Waals surface area contributed by atoms with Crippen LogP contribution in [0, 0.1) is 0 Å². The third-order valence-electron chi connectivity index (χ3n) is 11.1. The predicted octanol–water partition coefficient (Wildman–Crippen LogP) is 6.71. The summed E-state index contributed by atoms with van der Waals surface area (Å²) in [5.41, 5.74) is 13.4. The van der Waals surface area contributed by atoms with Gasteiger partial charge in [-0.05, 0) is 82.5 Å². The summed E-state index contributed by atoms with van der Waals surface area (Å²) < 4.78 is 26.8. The number of fused-ring (bicyclic) bond motifs is 14. The van der Waals surface area contributed by atoms with Crippen LogP contribution in [0.5, 0.6) is 46.0 Å². The Morgan fingerprint density at radius 1 is 0.320 bits per heavy atom. The van der Waals surface area contributed by atoms with Gasteiger partial charge in [-0.3, -0.25) is 0 Å². The average molecular weight is 640 g/mol. The maximum Gasteiger partial charge on any atom is 0.256 e. The summed E-state index contributed by atoms with van der Waals surface area (Å²) >= 11 is 0. The lowest BCUT2D eigenvalue weighted by molar-refractivity contribution is 0.457. The van der Waals surface area contributed by atoms with E-state index in [1.165, 1.54) is 10.9 Å². The topological polar surface area (TPSA) is 43.4 Å². The predicted molar refractivity (Wildman–Crippen MR) is 198 cm³/mol. The number of ether oxygens (including phenoxy) is 4. The molecule has 50 heavy (non-hydrogen) atoms. The van der Waals surface area contributed by atoms with E-state index in [4.69, 9.17) is 18.9 Å². The van der Waals surface area contributed by atoms with E-state index in [-0.39, 0.29) is 13.4 Å². The summed E-state index contributed by atoms with van der Waals surface area (Å²) in [6, 6.07) is 46.6. The van der Waals surface area contributed by atoms with Gasteiger partial charge in [0, 0.05) is 28.4 Å². The molecule has 0 N–H and O–H groups in total. The molecule has 0 spiro atoms. The monoisotopic (exact) mass is 640 g/mol. The Morgan fingerprint density at radius 3 is 1.22 bits per heavy atom. The molecule has 0 radical (unpaired) electrons. The molecule has 13 rings (SSSR count). The second-order valence-corrected chi connectivity index (χ2v) is 13.6. The van der Waals surface area contributed by atoms with Crippen molar-refractivity contribution in [3.63, 3.8) is 0 Å². The highest BCUT2D eigenvalue weighted by Gasteiger charge is 2.49. The summed E-state index contributed by atoms with van der Waals surface area (Å²) in [4.78, 5) is 4.70. The van der Waals surface area contributed by atoms with Crippen LogP contribution < -0.4 is 61.5 Å². The highest BCUT2D eigenvalue weighted by Crippen LogP contribution is 2.54. The fraction of sp³-hybridized carbons (Fsp3) is 0. The fourth-order valence-electron chi connectivity index (χ4n) is 9.22. The minimum absolute atomic E-state index is 0.0630. The summed E-state index contributed by atoms with van der Waals surface area (Å²) in [6.07, 6.45) is 0. The van der Waals surface area contributed by atoms with Gasteiger partial charge in [0.15, 0.2) is 23.0 Å². The molecule has 0 aliphatic carbocycles. The van der Waals surface area contributed by atoms with E-state index in [2.05, 4.69) is 107 Å². The molecule has 230 valence electrons. The molecule has 6 nitrogen and oxygen atoms in total. The molecule has 0 fully saturated rings. The van der Waals surface area contributed by atoms with Crippen molar-refractivity contribution in [3.05, 3.63) is 133 Å². The first-order chi connectivity index (χ1) is 24.8. The van der Waals surface area contributed by atoms with E-state index in [1.807, 2.05) is 36.4 Å². The molecule has 7 aromatic rings. The quantitative estimate of drug-likeness (QED) is 0.172. The van der Waals surface area contributed by atoms with Gasteiger partial charge in [-0.1, -0.05) is 66.7 Å². The third-order valence-corrected chi connectivity index (χ3v) is 11.1. The van der Waals surface area contributed by atoms with Crippen molar-refractivity contribution in [1.82, 2.24) is 0 Å². The smallest absolute Gasteiger partial charge is 0.256 e. The van der Waals surface area contributed by atoms with Crippen molar-refractivity contribution in [2.45, 2.75) is 0 Å². The summed E-state index contributed by atoms with van der Waals surface area (Å²) in [5.74, 6) is 6.64. The van der Waals surface area contributed by atoms with E-state index in [0.29, 0.717) is 0 Å². The Hall–Kier alpha value is -6.53. The van der Waals surface area contributed by atoms with Crippen LogP contribution in [0.2, 0.25) is 0 Å². The number of anilines is 6. The SMILES string of the molecule is c1ccc2c(c1)Oc1ccc3c4c1N2c1ccccc1B4c1cc2c(cc1O3)Oc1ccc3c4c1B2c1ccccc1N4c1ccccc1O3. The molecule has 0 atom stereocenters. The molecular formula is C42H22B2N2O4. The average Bonchev–Trinajstić information content (AvgIpc) is 3.17. The number of benzene rings is 7. The summed E-state index contributed by atoms with van der Waals surface area (Å²) in [7, 11) is 0. The van der Waals surface area contributed by atoms with Gasteiger partial charge in [0.1, 0.15) is 23.0 Å². The minimum Gasteiger partial charge on any atom is -0.458 e. The Morgan fingerprint density at radius 2 is 0.720 bits per heavy atom. The van der Waals surface area contributed by atoms with Crippen molar-refractivity contribution >= 4 is 80.3 Å². The molecule has 6 heterocycles.